The molecule has 0 aliphatic rings. The number of anilines is 1. The molecule has 2 rings (SSSR count). The van der Waals surface area contributed by atoms with E-state index in [9.17, 15) is 0 Å². The van der Waals surface area contributed by atoms with Crippen molar-refractivity contribution in [1.82, 2.24) is 15.6 Å². The zero-order chi connectivity index (χ0) is 17.4. The van der Waals surface area contributed by atoms with Crippen LogP contribution in [-0.4, -0.2) is 38.1 Å². The van der Waals surface area contributed by atoms with Gasteiger partial charge in [-0.2, -0.15) is 0 Å². The number of para-hydroxylation sites is 1. The number of hydrogen-bond donors (Lipinski definition) is 2. The van der Waals surface area contributed by atoms with E-state index in [1.54, 1.807) is 7.05 Å². The van der Waals surface area contributed by atoms with Crippen molar-refractivity contribution in [1.29, 1.82) is 0 Å². The van der Waals surface area contributed by atoms with Gasteiger partial charge in [-0.05, 0) is 32.4 Å². The van der Waals surface area contributed by atoms with Gasteiger partial charge in [0.2, 0.25) is 5.89 Å². The Hall–Kier alpha value is -2.50. The van der Waals surface area contributed by atoms with Gasteiger partial charge in [0, 0.05) is 32.9 Å². The van der Waals surface area contributed by atoms with E-state index in [1.165, 1.54) is 5.69 Å². The Kier molecular flexibility index (Phi) is 6.66. The summed E-state index contributed by atoms with van der Waals surface area (Å²) in [5, 5.41) is 6.53. The van der Waals surface area contributed by atoms with Gasteiger partial charge in [-0.25, -0.2) is 4.98 Å². The van der Waals surface area contributed by atoms with Crippen LogP contribution in [0.15, 0.2) is 39.7 Å². The zero-order valence-electron chi connectivity index (χ0n) is 15.0. The van der Waals surface area contributed by atoms with Crippen LogP contribution in [-0.2, 0) is 6.54 Å². The van der Waals surface area contributed by atoms with Gasteiger partial charge in [0.05, 0.1) is 12.2 Å². The molecule has 2 aromatic rings. The van der Waals surface area contributed by atoms with Gasteiger partial charge in [-0.15, -0.1) is 0 Å². The monoisotopic (exact) mass is 329 g/mol. The second-order valence-electron chi connectivity index (χ2n) is 5.71. The normalized spacial score (nSPS) is 11.4. The molecule has 0 aliphatic carbocycles. The Balaban J connectivity index is 1.68. The summed E-state index contributed by atoms with van der Waals surface area (Å²) in [7, 11) is 3.87. The van der Waals surface area contributed by atoms with E-state index in [4.69, 9.17) is 4.42 Å². The molecule has 2 N–H and O–H groups in total. The third-order valence-corrected chi connectivity index (χ3v) is 3.86. The number of hydrogen-bond acceptors (Lipinski definition) is 4. The highest BCUT2D eigenvalue weighted by Crippen LogP contribution is 2.10. The van der Waals surface area contributed by atoms with Crippen molar-refractivity contribution in [3.05, 3.63) is 47.7 Å². The van der Waals surface area contributed by atoms with Gasteiger partial charge in [-0.1, -0.05) is 18.2 Å². The summed E-state index contributed by atoms with van der Waals surface area (Å²) < 4.78 is 5.55. The third-order valence-electron chi connectivity index (χ3n) is 3.86. The fourth-order valence-electron chi connectivity index (χ4n) is 2.33. The lowest BCUT2D eigenvalue weighted by atomic mass is 10.3. The standard InChI is InChI=1S/C18H27N5O/c1-14-15(2)24-17(22-14)13-21-18(19-3)20-11-8-12-23(4)16-9-6-5-7-10-16/h5-7,9-10H,8,11-13H2,1-4H3,(H2,19,20,21). The molecular weight excluding hydrogens is 302 g/mol. The van der Waals surface area contributed by atoms with E-state index >= 15 is 0 Å². The molecule has 1 aromatic carbocycles. The number of aryl methyl sites for hydroxylation is 2. The predicted molar refractivity (Wildman–Crippen MR) is 98.5 cm³/mol. The van der Waals surface area contributed by atoms with Crippen molar-refractivity contribution in [2.45, 2.75) is 26.8 Å². The summed E-state index contributed by atoms with van der Waals surface area (Å²) in [4.78, 5) is 10.8. The molecule has 1 heterocycles. The highest BCUT2D eigenvalue weighted by Gasteiger charge is 2.06. The number of nitrogens with one attached hydrogen (secondary N) is 2. The van der Waals surface area contributed by atoms with Crippen LogP contribution in [0.5, 0.6) is 0 Å². The highest BCUT2D eigenvalue weighted by atomic mass is 16.4. The lowest BCUT2D eigenvalue weighted by molar-refractivity contribution is 0.463. The average molecular weight is 329 g/mol. The maximum atomic E-state index is 5.55. The first-order valence-electron chi connectivity index (χ1n) is 8.23. The summed E-state index contributed by atoms with van der Waals surface area (Å²) in [5.41, 5.74) is 2.16. The number of guanidine groups is 1. The van der Waals surface area contributed by atoms with Gasteiger partial charge < -0.3 is 20.0 Å². The van der Waals surface area contributed by atoms with Crippen molar-refractivity contribution in [3.63, 3.8) is 0 Å². The van der Waals surface area contributed by atoms with Gasteiger partial charge in [0.15, 0.2) is 5.96 Å². The minimum atomic E-state index is 0.526. The van der Waals surface area contributed by atoms with Crippen LogP contribution in [0.1, 0.15) is 23.8 Å². The van der Waals surface area contributed by atoms with E-state index in [1.807, 2.05) is 19.9 Å². The first kappa shape index (κ1) is 17.8. The average Bonchev–Trinajstić information content (AvgIpc) is 2.93. The van der Waals surface area contributed by atoms with Gasteiger partial charge >= 0.3 is 0 Å². The summed E-state index contributed by atoms with van der Waals surface area (Å²) in [5.74, 6) is 2.29. The molecule has 0 saturated carbocycles. The van der Waals surface area contributed by atoms with Crippen LogP contribution < -0.4 is 15.5 Å². The van der Waals surface area contributed by atoms with Crippen molar-refractivity contribution >= 4 is 11.6 Å². The Bertz CT molecular complexity index is 631. The van der Waals surface area contributed by atoms with Crippen molar-refractivity contribution in [2.24, 2.45) is 4.99 Å². The number of benzene rings is 1. The van der Waals surface area contributed by atoms with Crippen LogP contribution in [0.2, 0.25) is 0 Å². The first-order chi connectivity index (χ1) is 11.6. The van der Waals surface area contributed by atoms with Crippen molar-refractivity contribution in [2.75, 3.05) is 32.1 Å². The number of rotatable bonds is 7. The lowest BCUT2D eigenvalue weighted by Crippen LogP contribution is -2.38. The Morgan fingerprint density at radius 3 is 2.58 bits per heavy atom. The number of aliphatic imine (C=N–C) groups is 1. The minimum Gasteiger partial charge on any atom is -0.444 e. The molecule has 0 amide bonds. The van der Waals surface area contributed by atoms with Gasteiger partial charge in [0.25, 0.3) is 0 Å². The third kappa shape index (κ3) is 5.30. The van der Waals surface area contributed by atoms with Crippen LogP contribution in [0.3, 0.4) is 0 Å². The van der Waals surface area contributed by atoms with Crippen molar-refractivity contribution in [3.8, 4) is 0 Å². The fourth-order valence-corrected chi connectivity index (χ4v) is 2.33. The van der Waals surface area contributed by atoms with Gasteiger partial charge in [-0.3, -0.25) is 4.99 Å². The second-order valence-corrected chi connectivity index (χ2v) is 5.71. The minimum absolute atomic E-state index is 0.526. The molecule has 0 atom stereocenters. The molecule has 6 heteroatoms. The summed E-state index contributed by atoms with van der Waals surface area (Å²) in [6.45, 7) is 6.21. The van der Waals surface area contributed by atoms with E-state index in [2.05, 4.69) is 56.8 Å². The summed E-state index contributed by atoms with van der Waals surface area (Å²) in [6, 6.07) is 10.4. The van der Waals surface area contributed by atoms with Crippen LogP contribution in [0.4, 0.5) is 5.69 Å². The quantitative estimate of drug-likeness (QED) is 0.464. The maximum absolute atomic E-state index is 5.55. The molecule has 0 fully saturated rings. The lowest BCUT2D eigenvalue weighted by Gasteiger charge is -2.19. The van der Waals surface area contributed by atoms with Gasteiger partial charge in [0.1, 0.15) is 5.76 Å². The molecule has 130 valence electrons. The smallest absolute Gasteiger partial charge is 0.214 e. The molecule has 0 radical (unpaired) electrons. The number of aromatic nitrogens is 1. The van der Waals surface area contributed by atoms with E-state index in [0.29, 0.717) is 12.4 Å². The molecule has 1 aromatic heterocycles. The van der Waals surface area contributed by atoms with E-state index in [0.717, 1.165) is 36.9 Å². The maximum Gasteiger partial charge on any atom is 0.214 e. The number of oxazole rings is 1. The topological polar surface area (TPSA) is 65.7 Å². The summed E-state index contributed by atoms with van der Waals surface area (Å²) in [6.07, 6.45) is 1.02. The molecule has 0 spiro atoms. The van der Waals surface area contributed by atoms with E-state index in [-0.39, 0.29) is 0 Å². The van der Waals surface area contributed by atoms with Crippen LogP contribution in [0.25, 0.3) is 0 Å². The van der Waals surface area contributed by atoms with E-state index < -0.39 is 0 Å². The first-order valence-corrected chi connectivity index (χ1v) is 8.23. The van der Waals surface area contributed by atoms with Crippen LogP contribution >= 0.6 is 0 Å². The fraction of sp³-hybridized carbons (Fsp3) is 0.444. The molecule has 0 bridgehead atoms. The second kappa shape index (κ2) is 8.96. The molecule has 6 nitrogen and oxygen atoms in total. The molecule has 0 saturated heterocycles. The van der Waals surface area contributed by atoms with Crippen molar-refractivity contribution < 1.29 is 4.42 Å². The predicted octanol–water partition coefficient (Wildman–Crippen LogP) is 2.48. The van der Waals surface area contributed by atoms with Crippen LogP contribution in [0, 0.1) is 13.8 Å². The summed E-state index contributed by atoms with van der Waals surface area (Å²) >= 11 is 0. The molecule has 24 heavy (non-hydrogen) atoms. The molecular formula is C18H27N5O. The Labute approximate surface area is 144 Å². The SMILES string of the molecule is CN=C(NCCCN(C)c1ccccc1)NCc1nc(C)c(C)o1. The largest absolute Gasteiger partial charge is 0.444 e. The zero-order valence-corrected chi connectivity index (χ0v) is 15.0. The highest BCUT2D eigenvalue weighted by molar-refractivity contribution is 5.79. The Morgan fingerprint density at radius 2 is 1.96 bits per heavy atom. The molecule has 0 aliphatic heterocycles. The number of nitrogens with zero attached hydrogens (tertiary/aromatic N) is 3. The Morgan fingerprint density at radius 1 is 1.21 bits per heavy atom. The molecule has 0 unspecified atom stereocenters.